The van der Waals surface area contributed by atoms with Crippen LogP contribution in [0.1, 0.15) is 23.0 Å². The molecule has 0 bridgehead atoms. The molecular weight excluding hydrogens is 365 g/mol. The molecule has 23 heavy (non-hydrogen) atoms. The Morgan fingerprint density at radius 3 is 2.83 bits per heavy atom. The predicted molar refractivity (Wildman–Crippen MR) is 86.8 cm³/mol. The number of halogens is 2. The molecule has 0 aliphatic heterocycles. The first-order valence-electron chi connectivity index (χ1n) is 6.96. The average Bonchev–Trinajstić information content (AvgIpc) is 2.96. The van der Waals surface area contributed by atoms with Crippen LogP contribution in [0, 0.1) is 5.82 Å². The normalized spacial score (nSPS) is 11.0. The van der Waals surface area contributed by atoms with Gasteiger partial charge in [-0.15, -0.1) is 0 Å². The van der Waals surface area contributed by atoms with E-state index in [4.69, 9.17) is 4.74 Å². The van der Waals surface area contributed by atoms with Gasteiger partial charge in [0.15, 0.2) is 11.3 Å². The molecular formula is C16H13BrFN3O2. The molecule has 1 aromatic carbocycles. The minimum absolute atomic E-state index is 0.192. The summed E-state index contributed by atoms with van der Waals surface area (Å²) in [7, 11) is 1.30. The number of fused-ring (bicyclic) bond motifs is 1. The smallest absolute Gasteiger partial charge is 0.358 e. The number of hydrogen-bond acceptors (Lipinski definition) is 4. The molecule has 0 atom stereocenters. The zero-order chi connectivity index (χ0) is 16.6. The molecule has 0 saturated heterocycles. The maximum atomic E-state index is 14.1. The number of methoxy groups -OCH3 is 1. The van der Waals surface area contributed by atoms with Gasteiger partial charge in [-0.05, 0) is 36.2 Å². The van der Waals surface area contributed by atoms with Crippen LogP contribution in [0.2, 0.25) is 0 Å². The van der Waals surface area contributed by atoms with Gasteiger partial charge < -0.3 is 4.74 Å². The minimum Gasteiger partial charge on any atom is -0.464 e. The maximum Gasteiger partial charge on any atom is 0.358 e. The summed E-state index contributed by atoms with van der Waals surface area (Å²) in [4.78, 5) is 16.2. The zero-order valence-corrected chi connectivity index (χ0v) is 14.1. The second kappa shape index (κ2) is 6.08. The number of aromatic nitrogens is 3. The molecule has 5 nitrogen and oxygen atoms in total. The first-order valence-corrected chi connectivity index (χ1v) is 7.75. The number of imidazole rings is 1. The van der Waals surface area contributed by atoms with Gasteiger partial charge in [0.05, 0.1) is 19.0 Å². The maximum absolute atomic E-state index is 14.1. The number of esters is 1. The van der Waals surface area contributed by atoms with Crippen molar-refractivity contribution in [1.29, 1.82) is 0 Å². The van der Waals surface area contributed by atoms with E-state index in [0.717, 1.165) is 5.56 Å². The zero-order valence-electron chi connectivity index (χ0n) is 12.5. The Morgan fingerprint density at radius 1 is 1.39 bits per heavy atom. The molecule has 0 fully saturated rings. The Kier molecular flexibility index (Phi) is 4.12. The summed E-state index contributed by atoms with van der Waals surface area (Å²) in [6.45, 7) is 1.95. The van der Waals surface area contributed by atoms with E-state index in [9.17, 15) is 9.18 Å². The molecule has 0 aliphatic rings. The van der Waals surface area contributed by atoms with Crippen LogP contribution >= 0.6 is 15.9 Å². The van der Waals surface area contributed by atoms with E-state index >= 15 is 0 Å². The molecule has 7 heteroatoms. The Labute approximate surface area is 140 Å². The highest BCUT2D eigenvalue weighted by atomic mass is 79.9. The number of hydrogen-bond donors (Lipinski definition) is 0. The Morgan fingerprint density at radius 2 is 2.17 bits per heavy atom. The lowest BCUT2D eigenvalue weighted by atomic mass is 10.1. The van der Waals surface area contributed by atoms with E-state index in [-0.39, 0.29) is 11.5 Å². The van der Waals surface area contributed by atoms with E-state index in [1.54, 1.807) is 24.4 Å². The van der Waals surface area contributed by atoms with Crippen LogP contribution in [0.25, 0.3) is 16.9 Å². The van der Waals surface area contributed by atoms with Crippen molar-refractivity contribution in [3.8, 4) is 11.3 Å². The molecule has 0 radical (unpaired) electrons. The van der Waals surface area contributed by atoms with Crippen molar-refractivity contribution in [2.45, 2.75) is 13.3 Å². The summed E-state index contributed by atoms with van der Waals surface area (Å²) >= 11 is 3.23. The van der Waals surface area contributed by atoms with E-state index in [2.05, 4.69) is 26.0 Å². The topological polar surface area (TPSA) is 56.5 Å². The third kappa shape index (κ3) is 2.84. The fourth-order valence-electron chi connectivity index (χ4n) is 2.33. The fraction of sp³-hybridized carbons (Fsp3) is 0.188. The van der Waals surface area contributed by atoms with Gasteiger partial charge in [-0.3, -0.25) is 0 Å². The van der Waals surface area contributed by atoms with Gasteiger partial charge in [-0.1, -0.05) is 22.9 Å². The number of nitrogens with zero attached hydrogens (tertiary/aromatic N) is 3. The highest BCUT2D eigenvalue weighted by molar-refractivity contribution is 9.10. The molecule has 118 valence electrons. The number of aryl methyl sites for hydroxylation is 1. The quantitative estimate of drug-likeness (QED) is 0.653. The second-order valence-corrected chi connectivity index (χ2v) is 5.83. The lowest BCUT2D eigenvalue weighted by Gasteiger charge is -2.03. The molecule has 0 aliphatic carbocycles. The second-order valence-electron chi connectivity index (χ2n) is 4.92. The van der Waals surface area contributed by atoms with Gasteiger partial charge in [0.1, 0.15) is 5.82 Å². The molecule has 0 saturated carbocycles. The number of ether oxygens (including phenoxy) is 1. The lowest BCUT2D eigenvalue weighted by Crippen LogP contribution is -2.09. The Bertz CT molecular complexity index is 908. The SMILES string of the molecule is CCc1cc(C(=O)OC)nn2cc(-c3ccc(Br)cc3F)nc12. The Hall–Kier alpha value is -2.28. The van der Waals surface area contributed by atoms with Crippen molar-refractivity contribution in [3.05, 3.63) is 52.0 Å². The van der Waals surface area contributed by atoms with E-state index < -0.39 is 5.97 Å². The first kappa shape index (κ1) is 15.6. The van der Waals surface area contributed by atoms with Gasteiger partial charge >= 0.3 is 5.97 Å². The summed E-state index contributed by atoms with van der Waals surface area (Å²) in [6, 6.07) is 6.42. The van der Waals surface area contributed by atoms with Crippen molar-refractivity contribution in [3.63, 3.8) is 0 Å². The van der Waals surface area contributed by atoms with Crippen LogP contribution in [-0.2, 0) is 11.2 Å². The molecule has 2 aromatic heterocycles. The van der Waals surface area contributed by atoms with Crippen molar-refractivity contribution >= 4 is 27.5 Å². The first-order chi connectivity index (χ1) is 11.0. The number of carbonyl (C=O) groups is 1. The highest BCUT2D eigenvalue weighted by Crippen LogP contribution is 2.26. The summed E-state index contributed by atoms with van der Waals surface area (Å²) in [5.74, 6) is -0.902. The van der Waals surface area contributed by atoms with Crippen molar-refractivity contribution in [1.82, 2.24) is 14.6 Å². The third-order valence-corrected chi connectivity index (χ3v) is 3.98. The molecule has 0 spiro atoms. The largest absolute Gasteiger partial charge is 0.464 e. The summed E-state index contributed by atoms with van der Waals surface area (Å²) < 4.78 is 21.0. The average molecular weight is 378 g/mol. The molecule has 2 heterocycles. The molecule has 3 aromatic rings. The van der Waals surface area contributed by atoms with Gasteiger partial charge in [-0.25, -0.2) is 18.7 Å². The molecule has 0 amide bonds. The van der Waals surface area contributed by atoms with E-state index in [0.29, 0.717) is 27.8 Å². The molecule has 3 rings (SSSR count). The van der Waals surface area contributed by atoms with Gasteiger partial charge in [0.25, 0.3) is 0 Å². The lowest BCUT2D eigenvalue weighted by molar-refractivity contribution is 0.0592. The number of rotatable bonds is 3. The summed E-state index contributed by atoms with van der Waals surface area (Å²) in [6.07, 6.45) is 2.27. The van der Waals surface area contributed by atoms with Crippen LogP contribution in [0.4, 0.5) is 4.39 Å². The van der Waals surface area contributed by atoms with E-state index in [1.165, 1.54) is 17.7 Å². The molecule has 0 unspecified atom stereocenters. The standard InChI is InChI=1S/C16H13BrFN3O2/c1-3-9-6-13(16(22)23-2)20-21-8-14(19-15(9)21)11-5-4-10(17)7-12(11)18/h4-8H,3H2,1-2H3. The van der Waals surface area contributed by atoms with Gasteiger partial charge in [0.2, 0.25) is 0 Å². The monoisotopic (exact) mass is 377 g/mol. The van der Waals surface area contributed by atoms with Crippen LogP contribution in [0.3, 0.4) is 0 Å². The van der Waals surface area contributed by atoms with E-state index in [1.807, 2.05) is 6.92 Å². The fourth-order valence-corrected chi connectivity index (χ4v) is 2.67. The minimum atomic E-state index is -0.522. The van der Waals surface area contributed by atoms with Crippen LogP contribution in [-0.4, -0.2) is 27.7 Å². The van der Waals surface area contributed by atoms with Crippen LogP contribution in [0.15, 0.2) is 34.9 Å². The molecule has 0 N–H and O–H groups in total. The number of carbonyl (C=O) groups excluding carboxylic acids is 1. The van der Waals surface area contributed by atoms with Crippen molar-refractivity contribution < 1.29 is 13.9 Å². The highest BCUT2D eigenvalue weighted by Gasteiger charge is 2.16. The van der Waals surface area contributed by atoms with Crippen LogP contribution < -0.4 is 0 Å². The summed E-state index contributed by atoms with van der Waals surface area (Å²) in [5, 5.41) is 4.20. The number of benzene rings is 1. The van der Waals surface area contributed by atoms with Gasteiger partial charge in [0, 0.05) is 10.0 Å². The van der Waals surface area contributed by atoms with Gasteiger partial charge in [-0.2, -0.15) is 5.10 Å². The van der Waals surface area contributed by atoms with Crippen molar-refractivity contribution in [2.24, 2.45) is 0 Å². The van der Waals surface area contributed by atoms with Crippen molar-refractivity contribution in [2.75, 3.05) is 7.11 Å². The van der Waals surface area contributed by atoms with Crippen LogP contribution in [0.5, 0.6) is 0 Å². The Balaban J connectivity index is 2.19. The predicted octanol–water partition coefficient (Wildman–Crippen LogP) is 3.65. The summed E-state index contributed by atoms with van der Waals surface area (Å²) in [5.41, 5.74) is 2.46. The third-order valence-electron chi connectivity index (χ3n) is 3.48.